The average molecular weight is 194 g/mol. The van der Waals surface area contributed by atoms with Crippen molar-refractivity contribution < 1.29 is 0 Å². The van der Waals surface area contributed by atoms with Gasteiger partial charge in [0.15, 0.2) is 0 Å². The normalized spacial score (nSPS) is 40.0. The smallest absolute Gasteiger partial charge is 0.0282 e. The first-order valence-electron chi connectivity index (χ1n) is 5.93. The second-order valence-corrected chi connectivity index (χ2v) is 4.78. The lowest BCUT2D eigenvalue weighted by Gasteiger charge is -2.42. The Balaban J connectivity index is 1.99. The summed E-state index contributed by atoms with van der Waals surface area (Å²) in [7, 11) is 0. The number of hydrogen-bond acceptors (Lipinski definition) is 2. The molecule has 1 heterocycles. The summed E-state index contributed by atoms with van der Waals surface area (Å²) < 4.78 is 0. The Bertz CT molecular complexity index is 212. The van der Waals surface area contributed by atoms with Gasteiger partial charge in [0.05, 0.1) is 0 Å². The van der Waals surface area contributed by atoms with E-state index in [1.54, 1.807) is 0 Å². The van der Waals surface area contributed by atoms with Crippen LogP contribution in [0.25, 0.3) is 0 Å². The van der Waals surface area contributed by atoms with Gasteiger partial charge in [0.1, 0.15) is 0 Å². The maximum Gasteiger partial charge on any atom is 0.0282 e. The molecular weight excluding hydrogens is 172 g/mol. The fourth-order valence-corrected chi connectivity index (χ4v) is 2.58. The number of nitrogens with one attached hydrogen (secondary N) is 1. The van der Waals surface area contributed by atoms with Crippen molar-refractivity contribution in [2.75, 3.05) is 13.1 Å². The highest BCUT2D eigenvalue weighted by Gasteiger charge is 2.27. The number of piperazine rings is 1. The molecule has 2 heteroatoms. The number of hydrogen-bond donors (Lipinski definition) is 1. The van der Waals surface area contributed by atoms with Gasteiger partial charge in [0.25, 0.3) is 0 Å². The summed E-state index contributed by atoms with van der Waals surface area (Å²) in [6, 6.07) is 2.06. The molecule has 1 fully saturated rings. The van der Waals surface area contributed by atoms with E-state index >= 15 is 0 Å². The average Bonchev–Trinajstić information content (AvgIpc) is 2.23. The van der Waals surface area contributed by atoms with E-state index in [1.165, 1.54) is 25.8 Å². The predicted octanol–water partition coefficient (Wildman–Crippen LogP) is 1.78. The van der Waals surface area contributed by atoms with Crippen molar-refractivity contribution in [3.05, 3.63) is 12.2 Å². The van der Waals surface area contributed by atoms with Crippen LogP contribution in [0.3, 0.4) is 0 Å². The van der Waals surface area contributed by atoms with Crippen molar-refractivity contribution >= 4 is 0 Å². The van der Waals surface area contributed by atoms with Crippen molar-refractivity contribution in [3.8, 4) is 0 Å². The van der Waals surface area contributed by atoms with Crippen molar-refractivity contribution in [1.29, 1.82) is 0 Å². The van der Waals surface area contributed by atoms with Gasteiger partial charge < -0.3 is 5.32 Å². The monoisotopic (exact) mass is 194 g/mol. The maximum atomic E-state index is 3.54. The van der Waals surface area contributed by atoms with Gasteiger partial charge in [0.2, 0.25) is 0 Å². The van der Waals surface area contributed by atoms with Crippen LogP contribution in [0, 0.1) is 0 Å². The van der Waals surface area contributed by atoms with E-state index in [1.807, 2.05) is 0 Å². The molecule has 2 rings (SSSR count). The van der Waals surface area contributed by atoms with Gasteiger partial charge >= 0.3 is 0 Å². The molecule has 0 bridgehead atoms. The highest BCUT2D eigenvalue weighted by molar-refractivity contribution is 5.01. The molecule has 1 saturated heterocycles. The molecule has 0 saturated carbocycles. The first-order valence-corrected chi connectivity index (χ1v) is 5.93. The molecule has 0 amide bonds. The van der Waals surface area contributed by atoms with Crippen molar-refractivity contribution in [3.63, 3.8) is 0 Å². The van der Waals surface area contributed by atoms with Gasteiger partial charge in [-0.05, 0) is 33.1 Å². The van der Waals surface area contributed by atoms with E-state index in [0.29, 0.717) is 18.1 Å². The molecule has 0 spiro atoms. The maximum absolute atomic E-state index is 3.54. The topological polar surface area (TPSA) is 15.3 Å². The molecule has 3 unspecified atom stereocenters. The van der Waals surface area contributed by atoms with Crippen LogP contribution in [0.4, 0.5) is 0 Å². The standard InChI is InChI=1S/C12H22N2/c1-10-9-14(11(2)8-13-10)12-6-4-3-5-7-12/h4,6,10-13H,3,5,7-9H2,1-2H3. The van der Waals surface area contributed by atoms with Gasteiger partial charge in [-0.2, -0.15) is 0 Å². The van der Waals surface area contributed by atoms with Crippen molar-refractivity contribution in [2.45, 2.75) is 51.2 Å². The van der Waals surface area contributed by atoms with Crippen LogP contribution in [0.15, 0.2) is 12.2 Å². The van der Waals surface area contributed by atoms with Gasteiger partial charge in [-0.25, -0.2) is 0 Å². The summed E-state index contributed by atoms with van der Waals surface area (Å²) in [5.41, 5.74) is 0. The Morgan fingerprint density at radius 2 is 2.21 bits per heavy atom. The molecule has 0 aromatic rings. The number of allylic oxidation sites excluding steroid dienone is 1. The summed E-state index contributed by atoms with van der Waals surface area (Å²) in [5, 5.41) is 3.54. The zero-order chi connectivity index (χ0) is 9.97. The van der Waals surface area contributed by atoms with Gasteiger partial charge in [-0.1, -0.05) is 12.2 Å². The second kappa shape index (κ2) is 4.45. The van der Waals surface area contributed by atoms with Crippen LogP contribution < -0.4 is 5.32 Å². The van der Waals surface area contributed by atoms with Gasteiger partial charge in [-0.3, -0.25) is 4.90 Å². The van der Waals surface area contributed by atoms with E-state index in [2.05, 4.69) is 36.2 Å². The number of nitrogens with zero attached hydrogens (tertiary/aromatic N) is 1. The van der Waals surface area contributed by atoms with Crippen LogP contribution in [0.5, 0.6) is 0 Å². The Hall–Kier alpha value is -0.340. The van der Waals surface area contributed by atoms with Crippen LogP contribution in [0.2, 0.25) is 0 Å². The SMILES string of the molecule is CC1CN(C2C=CCCC2)C(C)CN1. The van der Waals surface area contributed by atoms with Gasteiger partial charge in [0, 0.05) is 31.2 Å². The summed E-state index contributed by atoms with van der Waals surface area (Å²) in [6.45, 7) is 6.97. The zero-order valence-electron chi connectivity index (χ0n) is 9.37. The Labute approximate surface area is 87.4 Å². The lowest BCUT2D eigenvalue weighted by molar-refractivity contribution is 0.109. The minimum atomic E-state index is 0.654. The van der Waals surface area contributed by atoms with E-state index < -0.39 is 0 Å². The third kappa shape index (κ3) is 2.18. The highest BCUT2D eigenvalue weighted by Crippen LogP contribution is 2.20. The quantitative estimate of drug-likeness (QED) is 0.640. The molecule has 2 aliphatic rings. The first-order chi connectivity index (χ1) is 6.77. The minimum Gasteiger partial charge on any atom is -0.311 e. The first kappa shape index (κ1) is 10.2. The van der Waals surface area contributed by atoms with Crippen LogP contribution >= 0.6 is 0 Å². The minimum absolute atomic E-state index is 0.654. The fourth-order valence-electron chi connectivity index (χ4n) is 2.58. The molecule has 1 N–H and O–H groups in total. The predicted molar refractivity (Wildman–Crippen MR) is 60.4 cm³/mol. The summed E-state index contributed by atoms with van der Waals surface area (Å²) >= 11 is 0. The molecule has 0 aromatic carbocycles. The van der Waals surface area contributed by atoms with Crippen molar-refractivity contribution in [1.82, 2.24) is 10.2 Å². The van der Waals surface area contributed by atoms with Gasteiger partial charge in [-0.15, -0.1) is 0 Å². The largest absolute Gasteiger partial charge is 0.311 e. The van der Waals surface area contributed by atoms with E-state index in [-0.39, 0.29) is 0 Å². The lowest BCUT2D eigenvalue weighted by atomic mass is 9.98. The molecular formula is C12H22N2. The Morgan fingerprint density at radius 1 is 1.36 bits per heavy atom. The van der Waals surface area contributed by atoms with E-state index in [9.17, 15) is 0 Å². The van der Waals surface area contributed by atoms with Crippen molar-refractivity contribution in [2.24, 2.45) is 0 Å². The van der Waals surface area contributed by atoms with E-state index in [4.69, 9.17) is 0 Å². The zero-order valence-corrected chi connectivity index (χ0v) is 9.37. The molecule has 3 atom stereocenters. The molecule has 0 radical (unpaired) electrons. The summed E-state index contributed by atoms with van der Waals surface area (Å²) in [6.07, 6.45) is 8.78. The van der Waals surface area contributed by atoms with Crippen LogP contribution in [0.1, 0.15) is 33.1 Å². The number of rotatable bonds is 1. The fraction of sp³-hybridized carbons (Fsp3) is 0.833. The Kier molecular flexibility index (Phi) is 3.24. The van der Waals surface area contributed by atoms with Crippen LogP contribution in [-0.2, 0) is 0 Å². The van der Waals surface area contributed by atoms with Crippen LogP contribution in [-0.4, -0.2) is 36.1 Å². The molecule has 80 valence electrons. The molecule has 1 aliphatic carbocycles. The molecule has 1 aliphatic heterocycles. The summed E-state index contributed by atoms with van der Waals surface area (Å²) in [4.78, 5) is 2.66. The molecule has 2 nitrogen and oxygen atoms in total. The Morgan fingerprint density at radius 3 is 2.93 bits per heavy atom. The summed E-state index contributed by atoms with van der Waals surface area (Å²) in [5.74, 6) is 0. The molecule has 0 aromatic heterocycles. The third-order valence-electron chi connectivity index (χ3n) is 3.47. The second-order valence-electron chi connectivity index (χ2n) is 4.78. The van der Waals surface area contributed by atoms with E-state index in [0.717, 1.165) is 6.54 Å². The molecule has 14 heavy (non-hydrogen) atoms. The lowest BCUT2D eigenvalue weighted by Crippen LogP contribution is -2.57. The highest BCUT2D eigenvalue weighted by atomic mass is 15.2. The third-order valence-corrected chi connectivity index (χ3v) is 3.47.